The van der Waals surface area contributed by atoms with Crippen molar-refractivity contribution in [1.29, 1.82) is 0 Å². The van der Waals surface area contributed by atoms with E-state index in [4.69, 9.17) is 12.2 Å². The van der Waals surface area contributed by atoms with Gasteiger partial charge in [-0.15, -0.1) is 0 Å². The van der Waals surface area contributed by atoms with Crippen molar-refractivity contribution >= 4 is 28.1 Å². The zero-order valence-electron chi connectivity index (χ0n) is 10.0. The van der Waals surface area contributed by atoms with E-state index in [1.807, 2.05) is 53.2 Å². The number of aromatic nitrogens is 2. The Balaban J connectivity index is 2.07. The van der Waals surface area contributed by atoms with Gasteiger partial charge in [0.25, 0.3) is 0 Å². The molecule has 3 rings (SSSR count). The Hall–Kier alpha value is -1.65. The summed E-state index contributed by atoms with van der Waals surface area (Å²) in [6, 6.07) is 18.2. The van der Waals surface area contributed by atoms with Crippen molar-refractivity contribution in [3.8, 4) is 16.9 Å². The molecule has 0 saturated carbocycles. The second-order valence-corrected chi connectivity index (χ2v) is 5.49. The number of rotatable bonds is 2. The quantitative estimate of drug-likeness (QED) is 0.658. The highest BCUT2D eigenvalue weighted by Crippen LogP contribution is 2.22. The van der Waals surface area contributed by atoms with Crippen molar-refractivity contribution in [2.75, 3.05) is 0 Å². The maximum atomic E-state index is 5.38. The Bertz CT molecular complexity index is 742. The molecule has 0 aliphatic rings. The van der Waals surface area contributed by atoms with Gasteiger partial charge < -0.3 is 4.98 Å². The normalized spacial score (nSPS) is 10.6. The minimum atomic E-state index is 0.698. The highest BCUT2D eigenvalue weighted by Gasteiger charge is 2.04. The lowest BCUT2D eigenvalue weighted by atomic mass is 10.2. The lowest BCUT2D eigenvalue weighted by molar-refractivity contribution is 1.03. The molecule has 0 fully saturated rings. The highest BCUT2D eigenvalue weighted by molar-refractivity contribution is 9.10. The molecule has 2 nitrogen and oxygen atoms in total. The van der Waals surface area contributed by atoms with Gasteiger partial charge in [0, 0.05) is 16.4 Å². The number of benzene rings is 2. The van der Waals surface area contributed by atoms with E-state index in [1.165, 1.54) is 0 Å². The lowest BCUT2D eigenvalue weighted by Crippen LogP contribution is -1.90. The van der Waals surface area contributed by atoms with Crippen molar-refractivity contribution in [1.82, 2.24) is 9.55 Å². The SMILES string of the molecule is S=c1[nH]c(-c2ccc(Br)cc2)cn1-c1ccccc1. The van der Waals surface area contributed by atoms with Gasteiger partial charge in [0.15, 0.2) is 4.77 Å². The molecular weight excluding hydrogens is 320 g/mol. The first-order chi connectivity index (χ1) is 9.24. The van der Waals surface area contributed by atoms with Crippen LogP contribution < -0.4 is 0 Å². The maximum Gasteiger partial charge on any atom is 0.182 e. The van der Waals surface area contributed by atoms with Crippen LogP contribution in [0.2, 0.25) is 0 Å². The Morgan fingerprint density at radius 3 is 2.32 bits per heavy atom. The van der Waals surface area contributed by atoms with Crippen LogP contribution in [0.4, 0.5) is 0 Å². The molecule has 19 heavy (non-hydrogen) atoms. The monoisotopic (exact) mass is 330 g/mol. The van der Waals surface area contributed by atoms with Crippen molar-refractivity contribution in [3.63, 3.8) is 0 Å². The molecule has 3 aromatic rings. The molecule has 0 atom stereocenters. The summed E-state index contributed by atoms with van der Waals surface area (Å²) in [4.78, 5) is 3.24. The first-order valence-electron chi connectivity index (χ1n) is 5.87. The molecule has 2 aromatic carbocycles. The number of hydrogen-bond donors (Lipinski definition) is 1. The van der Waals surface area contributed by atoms with Gasteiger partial charge in [0.2, 0.25) is 0 Å². The molecule has 0 radical (unpaired) electrons. The average molecular weight is 331 g/mol. The first-order valence-corrected chi connectivity index (χ1v) is 7.07. The smallest absolute Gasteiger partial charge is 0.182 e. The zero-order valence-corrected chi connectivity index (χ0v) is 12.4. The van der Waals surface area contributed by atoms with Crippen LogP contribution in [0.5, 0.6) is 0 Å². The van der Waals surface area contributed by atoms with Crippen LogP contribution in [-0.2, 0) is 0 Å². The molecule has 0 spiro atoms. The summed E-state index contributed by atoms with van der Waals surface area (Å²) < 4.78 is 3.74. The van der Waals surface area contributed by atoms with E-state index >= 15 is 0 Å². The van der Waals surface area contributed by atoms with Gasteiger partial charge in [-0.3, -0.25) is 4.57 Å². The topological polar surface area (TPSA) is 20.7 Å². The molecular formula is C15H11BrN2S. The minimum Gasteiger partial charge on any atom is -0.330 e. The van der Waals surface area contributed by atoms with Gasteiger partial charge in [0.05, 0.1) is 5.69 Å². The number of nitrogens with one attached hydrogen (secondary N) is 1. The summed E-state index contributed by atoms with van der Waals surface area (Å²) in [7, 11) is 0. The largest absolute Gasteiger partial charge is 0.330 e. The fourth-order valence-corrected chi connectivity index (χ4v) is 2.48. The Labute approximate surface area is 124 Å². The van der Waals surface area contributed by atoms with E-state index < -0.39 is 0 Å². The predicted molar refractivity (Wildman–Crippen MR) is 84.1 cm³/mol. The third-order valence-electron chi connectivity index (χ3n) is 2.91. The molecule has 94 valence electrons. The van der Waals surface area contributed by atoms with Crippen LogP contribution in [0.1, 0.15) is 0 Å². The third kappa shape index (κ3) is 2.55. The molecule has 0 amide bonds. The van der Waals surface area contributed by atoms with Crippen molar-refractivity contribution < 1.29 is 0 Å². The van der Waals surface area contributed by atoms with E-state index in [2.05, 4.69) is 33.0 Å². The minimum absolute atomic E-state index is 0.698. The zero-order chi connectivity index (χ0) is 13.2. The predicted octanol–water partition coefficient (Wildman–Crippen LogP) is 4.96. The number of para-hydroxylation sites is 1. The molecule has 0 aliphatic carbocycles. The Morgan fingerprint density at radius 1 is 0.947 bits per heavy atom. The number of nitrogens with zero attached hydrogens (tertiary/aromatic N) is 1. The van der Waals surface area contributed by atoms with Crippen LogP contribution in [0, 0.1) is 4.77 Å². The molecule has 1 aromatic heterocycles. The van der Waals surface area contributed by atoms with E-state index in [0.29, 0.717) is 4.77 Å². The Kier molecular flexibility index (Phi) is 3.36. The fraction of sp³-hybridized carbons (Fsp3) is 0. The lowest BCUT2D eigenvalue weighted by Gasteiger charge is -2.00. The van der Waals surface area contributed by atoms with Crippen molar-refractivity contribution in [2.45, 2.75) is 0 Å². The number of H-pyrrole nitrogens is 1. The second-order valence-electron chi connectivity index (χ2n) is 4.19. The van der Waals surface area contributed by atoms with Crippen molar-refractivity contribution in [2.24, 2.45) is 0 Å². The van der Waals surface area contributed by atoms with Crippen LogP contribution in [0.25, 0.3) is 16.9 Å². The number of hydrogen-bond acceptors (Lipinski definition) is 1. The van der Waals surface area contributed by atoms with Gasteiger partial charge in [0.1, 0.15) is 0 Å². The summed E-state index contributed by atoms with van der Waals surface area (Å²) >= 11 is 8.82. The van der Waals surface area contributed by atoms with Crippen molar-refractivity contribution in [3.05, 3.63) is 70.0 Å². The molecule has 4 heteroatoms. The van der Waals surface area contributed by atoms with Crippen LogP contribution >= 0.6 is 28.1 Å². The van der Waals surface area contributed by atoms with Gasteiger partial charge in [-0.05, 0) is 42.0 Å². The Morgan fingerprint density at radius 2 is 1.63 bits per heavy atom. The number of imidazole rings is 1. The molecule has 1 N–H and O–H groups in total. The van der Waals surface area contributed by atoms with Crippen LogP contribution in [0.15, 0.2) is 65.3 Å². The summed E-state index contributed by atoms with van der Waals surface area (Å²) in [5.74, 6) is 0. The van der Waals surface area contributed by atoms with Gasteiger partial charge >= 0.3 is 0 Å². The average Bonchev–Trinajstić information content (AvgIpc) is 2.83. The molecule has 0 bridgehead atoms. The molecule has 0 unspecified atom stereocenters. The van der Waals surface area contributed by atoms with Gasteiger partial charge in [-0.1, -0.05) is 46.3 Å². The van der Waals surface area contributed by atoms with E-state index in [9.17, 15) is 0 Å². The fourth-order valence-electron chi connectivity index (χ4n) is 1.95. The molecule has 0 saturated heterocycles. The van der Waals surface area contributed by atoms with E-state index in [1.54, 1.807) is 0 Å². The third-order valence-corrected chi connectivity index (χ3v) is 3.74. The second kappa shape index (κ2) is 5.15. The number of halogens is 1. The molecule has 0 aliphatic heterocycles. The first kappa shape index (κ1) is 12.4. The summed E-state index contributed by atoms with van der Waals surface area (Å²) in [5.41, 5.74) is 3.19. The summed E-state index contributed by atoms with van der Waals surface area (Å²) in [6.45, 7) is 0. The highest BCUT2D eigenvalue weighted by atomic mass is 79.9. The summed E-state index contributed by atoms with van der Waals surface area (Å²) in [6.07, 6.45) is 2.03. The number of aromatic amines is 1. The van der Waals surface area contributed by atoms with Crippen LogP contribution in [0.3, 0.4) is 0 Å². The van der Waals surface area contributed by atoms with E-state index in [0.717, 1.165) is 21.4 Å². The molecule has 1 heterocycles. The van der Waals surface area contributed by atoms with E-state index in [-0.39, 0.29) is 0 Å². The summed E-state index contributed by atoms with van der Waals surface area (Å²) in [5, 5.41) is 0. The maximum absolute atomic E-state index is 5.38. The standard InChI is InChI=1S/C15H11BrN2S/c16-12-8-6-11(7-9-12)14-10-18(15(19)17-14)13-4-2-1-3-5-13/h1-10H,(H,17,19). The van der Waals surface area contributed by atoms with Gasteiger partial charge in [-0.25, -0.2) is 0 Å². The van der Waals surface area contributed by atoms with Gasteiger partial charge in [-0.2, -0.15) is 0 Å². The van der Waals surface area contributed by atoms with Crippen LogP contribution in [-0.4, -0.2) is 9.55 Å².